The summed E-state index contributed by atoms with van der Waals surface area (Å²) in [6.45, 7) is 5.82. The van der Waals surface area contributed by atoms with E-state index in [-0.39, 0.29) is 17.9 Å². The maximum absolute atomic E-state index is 12.2. The minimum Gasteiger partial charge on any atom is -0.369 e. The number of rotatable bonds is 4. The van der Waals surface area contributed by atoms with Crippen LogP contribution in [-0.2, 0) is 11.3 Å². The monoisotopic (exact) mass is 345 g/mol. The van der Waals surface area contributed by atoms with Gasteiger partial charge in [-0.2, -0.15) is 0 Å². The van der Waals surface area contributed by atoms with Crippen LogP contribution in [0.15, 0.2) is 18.3 Å². The lowest BCUT2D eigenvalue weighted by Gasteiger charge is -2.31. The minimum absolute atomic E-state index is 0.155. The summed E-state index contributed by atoms with van der Waals surface area (Å²) in [5.74, 6) is 1.25. The second kappa shape index (κ2) is 7.72. The average molecular weight is 345 g/mol. The fourth-order valence-electron chi connectivity index (χ4n) is 3.41. The molecule has 7 nitrogen and oxygen atoms in total. The van der Waals surface area contributed by atoms with Gasteiger partial charge in [0.25, 0.3) is 0 Å². The van der Waals surface area contributed by atoms with Crippen LogP contribution < -0.4 is 16.0 Å². The Bertz CT molecular complexity index is 610. The molecule has 3 amide bonds. The highest BCUT2D eigenvalue weighted by Gasteiger charge is 2.29. The molecule has 3 heterocycles. The van der Waals surface area contributed by atoms with Crippen molar-refractivity contribution in [1.29, 1.82) is 0 Å². The van der Waals surface area contributed by atoms with Crippen molar-refractivity contribution in [3.8, 4) is 0 Å². The van der Waals surface area contributed by atoms with E-state index in [9.17, 15) is 9.59 Å². The van der Waals surface area contributed by atoms with Crippen molar-refractivity contribution in [3.63, 3.8) is 0 Å². The zero-order valence-corrected chi connectivity index (χ0v) is 14.8. The molecule has 0 aromatic carbocycles. The van der Waals surface area contributed by atoms with Gasteiger partial charge in [0.05, 0.1) is 5.92 Å². The number of urea groups is 1. The molecule has 2 saturated heterocycles. The summed E-state index contributed by atoms with van der Waals surface area (Å²) in [6, 6.07) is 3.88. The first kappa shape index (κ1) is 17.5. The Morgan fingerprint density at radius 1 is 1.24 bits per heavy atom. The number of amides is 3. The second-order valence-electron chi connectivity index (χ2n) is 7.19. The molecule has 7 heteroatoms. The Kier molecular flexibility index (Phi) is 5.40. The van der Waals surface area contributed by atoms with Gasteiger partial charge in [0.1, 0.15) is 5.82 Å². The third-order valence-corrected chi connectivity index (χ3v) is 5.24. The molecule has 2 aliphatic rings. The Morgan fingerprint density at radius 3 is 2.60 bits per heavy atom. The van der Waals surface area contributed by atoms with Crippen molar-refractivity contribution in [1.82, 2.24) is 15.2 Å². The first-order chi connectivity index (χ1) is 12.0. The largest absolute Gasteiger partial charge is 0.369 e. The predicted octanol–water partition coefficient (Wildman–Crippen LogP) is 1.33. The number of piperidine rings is 1. The number of anilines is 1. The predicted molar refractivity (Wildman–Crippen MR) is 96.0 cm³/mol. The first-order valence-corrected chi connectivity index (χ1v) is 9.05. The molecule has 1 aromatic rings. The van der Waals surface area contributed by atoms with E-state index in [1.165, 1.54) is 12.8 Å². The number of hydrogen-bond donors (Lipinski definition) is 2. The van der Waals surface area contributed by atoms with E-state index in [4.69, 9.17) is 5.73 Å². The number of nitrogens with zero attached hydrogens (tertiary/aromatic N) is 3. The first-order valence-electron chi connectivity index (χ1n) is 9.05. The molecule has 136 valence electrons. The molecule has 2 aliphatic heterocycles. The third kappa shape index (κ3) is 4.41. The smallest absolute Gasteiger partial charge is 0.317 e. The maximum Gasteiger partial charge on any atom is 0.317 e. The zero-order chi connectivity index (χ0) is 17.8. The van der Waals surface area contributed by atoms with Crippen molar-refractivity contribution >= 4 is 17.8 Å². The molecular formula is C18H27N5O2. The molecule has 25 heavy (non-hydrogen) atoms. The molecule has 3 rings (SSSR count). The number of carbonyl (C=O) groups excluding carboxylic acids is 2. The van der Waals surface area contributed by atoms with Crippen molar-refractivity contribution in [2.24, 2.45) is 17.6 Å². The number of carbonyl (C=O) groups is 2. The van der Waals surface area contributed by atoms with Crippen LogP contribution in [0.25, 0.3) is 0 Å². The van der Waals surface area contributed by atoms with E-state index < -0.39 is 0 Å². The Balaban J connectivity index is 1.47. The Hall–Kier alpha value is -2.31. The van der Waals surface area contributed by atoms with Crippen LogP contribution in [-0.4, -0.2) is 48.0 Å². The summed E-state index contributed by atoms with van der Waals surface area (Å²) in [5.41, 5.74) is 6.26. The van der Waals surface area contributed by atoms with Gasteiger partial charge in [-0.3, -0.25) is 4.79 Å². The lowest BCUT2D eigenvalue weighted by Crippen LogP contribution is -2.39. The lowest BCUT2D eigenvalue weighted by molar-refractivity contribution is -0.121. The topological polar surface area (TPSA) is 91.6 Å². The van der Waals surface area contributed by atoms with Crippen molar-refractivity contribution in [2.45, 2.75) is 32.7 Å². The molecule has 0 radical (unpaired) electrons. The van der Waals surface area contributed by atoms with Gasteiger partial charge >= 0.3 is 6.03 Å². The molecule has 3 N–H and O–H groups in total. The molecule has 1 aromatic heterocycles. The number of pyridine rings is 1. The maximum atomic E-state index is 12.2. The van der Waals surface area contributed by atoms with Gasteiger partial charge < -0.3 is 20.9 Å². The molecule has 1 atom stereocenters. The summed E-state index contributed by atoms with van der Waals surface area (Å²) in [4.78, 5) is 31.8. The van der Waals surface area contributed by atoms with Gasteiger partial charge in [-0.05, 0) is 36.8 Å². The van der Waals surface area contributed by atoms with E-state index in [1.54, 1.807) is 4.90 Å². The van der Waals surface area contributed by atoms with Gasteiger partial charge in [0, 0.05) is 38.9 Å². The lowest BCUT2D eigenvalue weighted by atomic mass is 9.99. The minimum atomic E-state index is -0.331. The van der Waals surface area contributed by atoms with Crippen LogP contribution in [0, 0.1) is 11.8 Å². The highest BCUT2D eigenvalue weighted by Crippen LogP contribution is 2.21. The van der Waals surface area contributed by atoms with Gasteiger partial charge in [0.2, 0.25) is 5.91 Å². The van der Waals surface area contributed by atoms with E-state index in [0.29, 0.717) is 26.1 Å². The van der Waals surface area contributed by atoms with Crippen LogP contribution in [0.3, 0.4) is 0 Å². The number of primary amides is 1. The summed E-state index contributed by atoms with van der Waals surface area (Å²) in [7, 11) is 0. The van der Waals surface area contributed by atoms with Crippen molar-refractivity contribution in [3.05, 3.63) is 23.9 Å². The van der Waals surface area contributed by atoms with E-state index >= 15 is 0 Å². The highest BCUT2D eigenvalue weighted by atomic mass is 16.2. The Morgan fingerprint density at radius 2 is 2.00 bits per heavy atom. The van der Waals surface area contributed by atoms with Gasteiger partial charge in [0.15, 0.2) is 0 Å². The number of nitrogens with one attached hydrogen (secondary N) is 1. The number of aromatic nitrogens is 1. The van der Waals surface area contributed by atoms with Crippen LogP contribution >= 0.6 is 0 Å². The third-order valence-electron chi connectivity index (χ3n) is 5.24. The summed E-state index contributed by atoms with van der Waals surface area (Å²) >= 11 is 0. The van der Waals surface area contributed by atoms with Crippen LogP contribution in [0.4, 0.5) is 10.6 Å². The molecular weight excluding hydrogens is 318 g/mol. The van der Waals surface area contributed by atoms with Crippen LogP contribution in [0.1, 0.15) is 31.7 Å². The SMILES string of the molecule is CC1CCN(c2ccc(CNC(=O)N3CCC(C(N)=O)C3)cn2)CC1. The molecule has 0 spiro atoms. The normalized spacial score (nSPS) is 21.4. The summed E-state index contributed by atoms with van der Waals surface area (Å²) < 4.78 is 0. The summed E-state index contributed by atoms with van der Waals surface area (Å²) in [6.07, 6.45) is 4.89. The van der Waals surface area contributed by atoms with E-state index in [2.05, 4.69) is 22.1 Å². The fourth-order valence-corrected chi connectivity index (χ4v) is 3.41. The quantitative estimate of drug-likeness (QED) is 0.861. The van der Waals surface area contributed by atoms with E-state index in [1.807, 2.05) is 18.3 Å². The van der Waals surface area contributed by atoms with E-state index in [0.717, 1.165) is 30.4 Å². The second-order valence-corrected chi connectivity index (χ2v) is 7.19. The fraction of sp³-hybridized carbons (Fsp3) is 0.611. The summed E-state index contributed by atoms with van der Waals surface area (Å²) in [5, 5.41) is 2.89. The van der Waals surface area contributed by atoms with Crippen molar-refractivity contribution in [2.75, 3.05) is 31.1 Å². The average Bonchev–Trinajstić information content (AvgIpc) is 3.11. The highest BCUT2D eigenvalue weighted by molar-refractivity contribution is 5.80. The molecule has 1 unspecified atom stereocenters. The Labute approximate surface area is 148 Å². The molecule has 0 aliphatic carbocycles. The van der Waals surface area contributed by atoms with Crippen LogP contribution in [0.2, 0.25) is 0 Å². The molecule has 2 fully saturated rings. The van der Waals surface area contributed by atoms with Crippen LogP contribution in [0.5, 0.6) is 0 Å². The van der Waals surface area contributed by atoms with Gasteiger partial charge in [-0.25, -0.2) is 9.78 Å². The molecule has 0 saturated carbocycles. The number of likely N-dealkylation sites (tertiary alicyclic amines) is 1. The number of nitrogens with two attached hydrogens (primary N) is 1. The number of hydrogen-bond acceptors (Lipinski definition) is 4. The standard InChI is InChI=1S/C18H27N5O2/c1-13-4-7-22(8-5-13)16-3-2-14(10-20-16)11-21-18(25)23-9-6-15(12-23)17(19)24/h2-3,10,13,15H,4-9,11-12H2,1H3,(H2,19,24)(H,21,25). The van der Waals surface area contributed by atoms with Gasteiger partial charge in [-0.1, -0.05) is 13.0 Å². The zero-order valence-electron chi connectivity index (χ0n) is 14.8. The van der Waals surface area contributed by atoms with Crippen molar-refractivity contribution < 1.29 is 9.59 Å². The van der Waals surface area contributed by atoms with Gasteiger partial charge in [-0.15, -0.1) is 0 Å². The molecule has 0 bridgehead atoms.